The second-order valence-corrected chi connectivity index (χ2v) is 14.5. The molecule has 1 heterocycles. The van der Waals surface area contributed by atoms with Crippen LogP contribution in [0.15, 0.2) is 18.2 Å². The topological polar surface area (TPSA) is 133 Å². The highest BCUT2D eigenvalue weighted by Crippen LogP contribution is 2.30. The van der Waals surface area contributed by atoms with E-state index < -0.39 is 41.0 Å². The number of halogens is 3. The lowest BCUT2D eigenvalue weighted by Gasteiger charge is -2.15. The number of hydrogen-bond donors (Lipinski definition) is 1. The Labute approximate surface area is 170 Å². The first-order valence-electron chi connectivity index (χ1n) is 8.43. The van der Waals surface area contributed by atoms with Crippen LogP contribution in [-0.4, -0.2) is 59.9 Å². The Bertz CT molecular complexity index is 1020. The second-order valence-electron chi connectivity index (χ2n) is 7.38. The minimum Gasteiger partial charge on any atom is -0.478 e. The summed E-state index contributed by atoms with van der Waals surface area (Å²) in [5, 5.41) is 20.1. The van der Waals surface area contributed by atoms with Gasteiger partial charge in [-0.1, -0.05) is 19.6 Å². The van der Waals surface area contributed by atoms with Crippen LogP contribution in [-0.2, 0) is 21.6 Å². The summed E-state index contributed by atoms with van der Waals surface area (Å²) in [6, 6.07) is 3.47. The highest BCUT2D eigenvalue weighted by Gasteiger charge is 2.48. The number of aromatic carboxylic acids is 1. The van der Waals surface area contributed by atoms with Gasteiger partial charge in [0.25, 0.3) is 0 Å². The maximum atomic E-state index is 12.6. The Hall–Kier alpha value is -2.52. The summed E-state index contributed by atoms with van der Waals surface area (Å²) in [4.78, 5) is 11.3. The van der Waals surface area contributed by atoms with E-state index in [1.165, 1.54) is 0 Å². The number of hydrogen-bond acceptors (Lipinski definition) is 8. The lowest BCUT2D eigenvalue weighted by molar-refractivity contribution is -0.0500. The third-order valence-electron chi connectivity index (χ3n) is 3.64. The molecule has 0 saturated carbocycles. The molecule has 0 atom stereocenters. The van der Waals surface area contributed by atoms with Gasteiger partial charge >= 0.3 is 21.6 Å². The van der Waals surface area contributed by atoms with Crippen LogP contribution in [0.5, 0.6) is 5.75 Å². The summed E-state index contributed by atoms with van der Waals surface area (Å²) in [6.07, 6.45) is 0. The van der Waals surface area contributed by atoms with Gasteiger partial charge < -0.3 is 14.0 Å². The molecule has 1 N–H and O–H groups in total. The molecule has 0 saturated heterocycles. The van der Waals surface area contributed by atoms with E-state index in [4.69, 9.17) is 4.74 Å². The fourth-order valence-electron chi connectivity index (χ4n) is 2.10. The van der Waals surface area contributed by atoms with Gasteiger partial charge in [0.15, 0.2) is 5.82 Å². The van der Waals surface area contributed by atoms with E-state index in [-0.39, 0.29) is 18.1 Å². The molecule has 10 nitrogen and oxygen atoms in total. The van der Waals surface area contributed by atoms with E-state index in [2.05, 4.69) is 39.3 Å². The van der Waals surface area contributed by atoms with Crippen molar-refractivity contribution in [1.82, 2.24) is 20.2 Å². The van der Waals surface area contributed by atoms with Crippen molar-refractivity contribution in [2.45, 2.75) is 37.9 Å². The summed E-state index contributed by atoms with van der Waals surface area (Å²) in [7, 11) is -7.33. The molecule has 1 aromatic carbocycles. The largest absolute Gasteiger partial charge is 0.534 e. The molecule has 0 aliphatic heterocycles. The maximum Gasteiger partial charge on any atom is 0.534 e. The van der Waals surface area contributed by atoms with Gasteiger partial charge in [-0.05, 0) is 34.7 Å². The highest BCUT2D eigenvalue weighted by atomic mass is 32.2. The zero-order chi connectivity index (χ0) is 22.7. The number of ether oxygens (including phenoxy) is 1. The highest BCUT2D eigenvalue weighted by molar-refractivity contribution is 7.88. The average Bonchev–Trinajstić information content (AvgIpc) is 3.04. The van der Waals surface area contributed by atoms with Crippen LogP contribution in [0.2, 0.25) is 25.7 Å². The number of alkyl halides is 3. The summed E-state index contributed by atoms with van der Waals surface area (Å²) < 4.78 is 71.0. The minimum absolute atomic E-state index is 0.0413. The Morgan fingerprint density at radius 3 is 2.47 bits per heavy atom. The van der Waals surface area contributed by atoms with E-state index in [1.807, 2.05) is 0 Å². The first-order chi connectivity index (χ1) is 13.7. The third-order valence-corrected chi connectivity index (χ3v) is 6.33. The molecular weight excluding hydrogens is 449 g/mol. The second kappa shape index (κ2) is 8.69. The molecule has 15 heteroatoms. The van der Waals surface area contributed by atoms with Crippen LogP contribution in [0.3, 0.4) is 0 Å². The first kappa shape index (κ1) is 23.8. The molecule has 0 unspecified atom stereocenters. The summed E-state index contributed by atoms with van der Waals surface area (Å²) in [5.41, 5.74) is -6.27. The van der Waals surface area contributed by atoms with E-state index in [1.54, 1.807) is 0 Å². The molecule has 0 aliphatic carbocycles. The fraction of sp³-hybridized carbons (Fsp3) is 0.467. The van der Waals surface area contributed by atoms with Gasteiger partial charge in [-0.2, -0.15) is 26.3 Å². The van der Waals surface area contributed by atoms with Crippen LogP contribution in [0.4, 0.5) is 13.2 Å². The SMILES string of the molecule is C[Si](C)(C)CCOCn1nnnc1-c1cc(OS(=O)(=O)C(F)(F)F)cc(C(=O)O)c1. The molecule has 1 aromatic heterocycles. The average molecular weight is 468 g/mol. The summed E-state index contributed by atoms with van der Waals surface area (Å²) in [6.45, 7) is 6.82. The summed E-state index contributed by atoms with van der Waals surface area (Å²) in [5.74, 6) is -2.41. The van der Waals surface area contributed by atoms with Gasteiger partial charge in [0.2, 0.25) is 0 Å². The normalized spacial score (nSPS) is 12.7. The standard InChI is InChI=1S/C15H19F3N4O6SSi/c1-30(2,3)5-4-27-9-22-13(19-20-21-22)10-6-11(14(23)24)8-12(7-10)28-29(25,26)15(16,17)18/h6-8H,4-5,9H2,1-3H3,(H,23,24). The monoisotopic (exact) mass is 468 g/mol. The quantitative estimate of drug-likeness (QED) is 0.255. The molecule has 0 spiro atoms. The number of carbonyl (C=O) groups is 1. The van der Waals surface area contributed by atoms with Crippen molar-refractivity contribution >= 4 is 24.2 Å². The Morgan fingerprint density at radius 2 is 1.90 bits per heavy atom. The lowest BCUT2D eigenvalue weighted by Crippen LogP contribution is -2.28. The number of nitrogens with zero attached hydrogens (tertiary/aromatic N) is 4. The lowest BCUT2D eigenvalue weighted by atomic mass is 10.1. The minimum atomic E-state index is -5.99. The van der Waals surface area contributed by atoms with Crippen molar-refractivity contribution in [2.75, 3.05) is 6.61 Å². The molecule has 2 aromatic rings. The molecule has 30 heavy (non-hydrogen) atoms. The fourth-order valence-corrected chi connectivity index (χ4v) is 3.30. The molecular formula is C15H19F3N4O6SSi. The molecule has 166 valence electrons. The van der Waals surface area contributed by atoms with Crippen LogP contribution >= 0.6 is 0 Å². The van der Waals surface area contributed by atoms with Crippen LogP contribution < -0.4 is 4.18 Å². The van der Waals surface area contributed by atoms with Crippen molar-refractivity contribution in [3.63, 3.8) is 0 Å². The van der Waals surface area contributed by atoms with Crippen molar-refractivity contribution < 1.29 is 40.4 Å². The van der Waals surface area contributed by atoms with Crippen molar-refractivity contribution in [3.05, 3.63) is 23.8 Å². The molecule has 0 amide bonds. The maximum absolute atomic E-state index is 12.6. The van der Waals surface area contributed by atoms with Crippen LogP contribution in [0, 0.1) is 0 Å². The van der Waals surface area contributed by atoms with Crippen molar-refractivity contribution in [3.8, 4) is 17.1 Å². The van der Waals surface area contributed by atoms with Gasteiger partial charge in [-0.3, -0.25) is 0 Å². The van der Waals surface area contributed by atoms with Gasteiger partial charge in [0, 0.05) is 20.2 Å². The molecule has 0 radical (unpaired) electrons. The van der Waals surface area contributed by atoms with Gasteiger partial charge in [-0.25, -0.2) is 4.79 Å². The van der Waals surface area contributed by atoms with E-state index >= 15 is 0 Å². The van der Waals surface area contributed by atoms with Gasteiger partial charge in [0.05, 0.1) is 5.56 Å². The Balaban J connectivity index is 2.33. The third kappa shape index (κ3) is 6.24. The van der Waals surface area contributed by atoms with Crippen LogP contribution in [0.1, 0.15) is 10.4 Å². The number of carboxylic acid groups (broad SMARTS) is 1. The van der Waals surface area contributed by atoms with E-state index in [0.29, 0.717) is 12.7 Å². The van der Waals surface area contributed by atoms with Crippen molar-refractivity contribution in [2.24, 2.45) is 0 Å². The predicted molar refractivity (Wildman–Crippen MR) is 99.9 cm³/mol. The number of rotatable bonds is 9. The zero-order valence-corrected chi connectivity index (χ0v) is 18.0. The zero-order valence-electron chi connectivity index (χ0n) is 16.2. The molecule has 0 aliphatic rings. The molecule has 0 bridgehead atoms. The first-order valence-corrected chi connectivity index (χ1v) is 13.5. The van der Waals surface area contributed by atoms with Crippen molar-refractivity contribution in [1.29, 1.82) is 0 Å². The Kier molecular flexibility index (Phi) is 6.88. The Morgan fingerprint density at radius 1 is 1.23 bits per heavy atom. The van der Waals surface area contributed by atoms with Crippen LogP contribution in [0.25, 0.3) is 11.4 Å². The molecule has 2 rings (SSSR count). The number of tetrazole rings is 1. The van der Waals surface area contributed by atoms with E-state index in [9.17, 15) is 31.5 Å². The predicted octanol–water partition coefficient (Wildman–Crippen LogP) is 2.58. The smallest absolute Gasteiger partial charge is 0.478 e. The van der Waals surface area contributed by atoms with E-state index in [0.717, 1.165) is 22.9 Å². The number of benzene rings is 1. The summed E-state index contributed by atoms with van der Waals surface area (Å²) >= 11 is 0. The number of aromatic nitrogens is 4. The molecule has 0 fully saturated rings. The number of carboxylic acids is 1. The van der Waals surface area contributed by atoms with Gasteiger partial charge in [0.1, 0.15) is 12.5 Å². The van der Waals surface area contributed by atoms with Gasteiger partial charge in [-0.15, -0.1) is 5.10 Å².